The van der Waals surface area contributed by atoms with Crippen molar-refractivity contribution in [3.8, 4) is 0 Å². The maximum absolute atomic E-state index is 9.44. The maximum Gasteiger partial charge on any atom is 0.0609 e. The second-order valence-corrected chi connectivity index (χ2v) is 4.12. The Hall–Kier alpha value is -0.0800. The molecule has 0 bridgehead atoms. The minimum atomic E-state index is -0.577. The SMILES string of the molecule is CNC(C)(C)CC(C)(C)O. The maximum atomic E-state index is 9.44. The molecule has 0 aromatic heterocycles. The van der Waals surface area contributed by atoms with Gasteiger partial charge in [0.2, 0.25) is 0 Å². The molecule has 10 heavy (non-hydrogen) atoms. The summed E-state index contributed by atoms with van der Waals surface area (Å²) in [5.41, 5.74) is -0.551. The van der Waals surface area contributed by atoms with E-state index in [1.165, 1.54) is 0 Å². The van der Waals surface area contributed by atoms with Gasteiger partial charge in [-0.3, -0.25) is 0 Å². The molecule has 2 nitrogen and oxygen atoms in total. The van der Waals surface area contributed by atoms with Crippen molar-refractivity contribution in [1.82, 2.24) is 5.32 Å². The third-order valence-electron chi connectivity index (χ3n) is 1.55. The van der Waals surface area contributed by atoms with E-state index in [1.807, 2.05) is 20.9 Å². The van der Waals surface area contributed by atoms with Gasteiger partial charge >= 0.3 is 0 Å². The molecule has 0 rings (SSSR count). The quantitative estimate of drug-likeness (QED) is 0.624. The van der Waals surface area contributed by atoms with Gasteiger partial charge in [-0.15, -0.1) is 0 Å². The van der Waals surface area contributed by atoms with Crippen molar-refractivity contribution in [2.24, 2.45) is 0 Å². The van der Waals surface area contributed by atoms with Crippen LogP contribution in [0.3, 0.4) is 0 Å². The molecule has 0 spiro atoms. The fraction of sp³-hybridized carbons (Fsp3) is 1.00. The van der Waals surface area contributed by atoms with Crippen LogP contribution < -0.4 is 5.32 Å². The Labute approximate surface area is 63.6 Å². The molecule has 0 aliphatic carbocycles. The Morgan fingerprint density at radius 3 is 1.70 bits per heavy atom. The minimum absolute atomic E-state index is 0.0260. The number of hydrogen-bond donors (Lipinski definition) is 2. The van der Waals surface area contributed by atoms with E-state index in [2.05, 4.69) is 19.2 Å². The van der Waals surface area contributed by atoms with Crippen LogP contribution in [0.4, 0.5) is 0 Å². The molecule has 0 aromatic carbocycles. The molecule has 0 saturated carbocycles. The number of rotatable bonds is 3. The van der Waals surface area contributed by atoms with Gasteiger partial charge in [-0.25, -0.2) is 0 Å². The minimum Gasteiger partial charge on any atom is -0.390 e. The van der Waals surface area contributed by atoms with E-state index in [0.29, 0.717) is 0 Å². The summed E-state index contributed by atoms with van der Waals surface area (Å²) in [5.74, 6) is 0. The summed E-state index contributed by atoms with van der Waals surface area (Å²) in [6, 6.07) is 0. The summed E-state index contributed by atoms with van der Waals surface area (Å²) in [4.78, 5) is 0. The van der Waals surface area contributed by atoms with Crippen LogP contribution in [-0.4, -0.2) is 23.3 Å². The third kappa shape index (κ3) is 4.77. The van der Waals surface area contributed by atoms with Crippen LogP contribution in [0.5, 0.6) is 0 Å². The van der Waals surface area contributed by atoms with Crippen LogP contribution in [0.1, 0.15) is 34.1 Å². The lowest BCUT2D eigenvalue weighted by Crippen LogP contribution is -2.42. The standard InChI is InChI=1S/C8H19NO/c1-7(2,9-5)6-8(3,4)10/h9-10H,6H2,1-5H3. The van der Waals surface area contributed by atoms with Gasteiger partial charge in [0.15, 0.2) is 0 Å². The highest BCUT2D eigenvalue weighted by Crippen LogP contribution is 2.18. The number of aliphatic hydroxyl groups is 1. The van der Waals surface area contributed by atoms with Gasteiger partial charge in [0, 0.05) is 5.54 Å². The second-order valence-electron chi connectivity index (χ2n) is 4.12. The highest BCUT2D eigenvalue weighted by molar-refractivity contribution is 4.83. The predicted molar refractivity (Wildman–Crippen MR) is 44.1 cm³/mol. The van der Waals surface area contributed by atoms with E-state index >= 15 is 0 Å². The third-order valence-corrected chi connectivity index (χ3v) is 1.55. The van der Waals surface area contributed by atoms with Gasteiger partial charge in [0.05, 0.1) is 5.60 Å². The Morgan fingerprint density at radius 1 is 1.20 bits per heavy atom. The average molecular weight is 145 g/mol. The van der Waals surface area contributed by atoms with Gasteiger partial charge in [0.1, 0.15) is 0 Å². The molecular formula is C8H19NO. The van der Waals surface area contributed by atoms with Gasteiger partial charge in [-0.05, 0) is 41.2 Å². The molecule has 0 aromatic rings. The lowest BCUT2D eigenvalue weighted by molar-refractivity contribution is 0.0458. The van der Waals surface area contributed by atoms with Crippen LogP contribution in [0, 0.1) is 0 Å². The Balaban J connectivity index is 3.89. The van der Waals surface area contributed by atoms with Crippen LogP contribution >= 0.6 is 0 Å². The zero-order chi connectivity index (χ0) is 8.41. The summed E-state index contributed by atoms with van der Waals surface area (Å²) in [5, 5.41) is 12.6. The highest BCUT2D eigenvalue weighted by atomic mass is 16.3. The van der Waals surface area contributed by atoms with Crippen molar-refractivity contribution < 1.29 is 5.11 Å². The van der Waals surface area contributed by atoms with Crippen molar-refractivity contribution in [2.45, 2.75) is 45.3 Å². The van der Waals surface area contributed by atoms with E-state index in [1.54, 1.807) is 0 Å². The predicted octanol–water partition coefficient (Wildman–Crippen LogP) is 1.15. The first kappa shape index (κ1) is 9.92. The van der Waals surface area contributed by atoms with Gasteiger partial charge in [-0.1, -0.05) is 0 Å². The lowest BCUT2D eigenvalue weighted by atomic mass is 9.90. The van der Waals surface area contributed by atoms with Crippen molar-refractivity contribution >= 4 is 0 Å². The monoisotopic (exact) mass is 145 g/mol. The van der Waals surface area contributed by atoms with Crippen molar-refractivity contribution in [3.63, 3.8) is 0 Å². The topological polar surface area (TPSA) is 32.3 Å². The smallest absolute Gasteiger partial charge is 0.0609 e. The molecule has 2 N–H and O–H groups in total. The molecule has 0 radical (unpaired) electrons. The van der Waals surface area contributed by atoms with Crippen molar-refractivity contribution in [1.29, 1.82) is 0 Å². The Morgan fingerprint density at radius 2 is 1.60 bits per heavy atom. The first-order valence-electron chi connectivity index (χ1n) is 3.68. The van der Waals surface area contributed by atoms with Crippen molar-refractivity contribution in [3.05, 3.63) is 0 Å². The van der Waals surface area contributed by atoms with Crippen LogP contribution in [0.25, 0.3) is 0 Å². The molecule has 0 aliphatic heterocycles. The molecule has 0 amide bonds. The largest absolute Gasteiger partial charge is 0.390 e. The summed E-state index contributed by atoms with van der Waals surface area (Å²) in [6.45, 7) is 7.80. The highest BCUT2D eigenvalue weighted by Gasteiger charge is 2.24. The van der Waals surface area contributed by atoms with E-state index in [-0.39, 0.29) is 5.54 Å². The zero-order valence-corrected chi connectivity index (χ0v) is 7.65. The van der Waals surface area contributed by atoms with Gasteiger partial charge < -0.3 is 10.4 Å². The van der Waals surface area contributed by atoms with Crippen LogP contribution in [-0.2, 0) is 0 Å². The number of nitrogens with one attached hydrogen (secondary N) is 1. The molecule has 0 fully saturated rings. The lowest BCUT2D eigenvalue weighted by Gasteiger charge is -2.30. The van der Waals surface area contributed by atoms with Crippen LogP contribution in [0.2, 0.25) is 0 Å². The molecule has 0 atom stereocenters. The fourth-order valence-electron chi connectivity index (χ4n) is 1.17. The average Bonchev–Trinajstić information content (AvgIpc) is 1.60. The normalized spacial score (nSPS) is 13.8. The fourth-order valence-corrected chi connectivity index (χ4v) is 1.17. The van der Waals surface area contributed by atoms with E-state index < -0.39 is 5.60 Å². The summed E-state index contributed by atoms with van der Waals surface area (Å²) in [7, 11) is 1.91. The van der Waals surface area contributed by atoms with Gasteiger partial charge in [-0.2, -0.15) is 0 Å². The van der Waals surface area contributed by atoms with Crippen LogP contribution in [0.15, 0.2) is 0 Å². The molecule has 62 valence electrons. The van der Waals surface area contributed by atoms with Gasteiger partial charge in [0.25, 0.3) is 0 Å². The molecule has 0 heterocycles. The Kier molecular flexibility index (Phi) is 2.86. The molecule has 0 unspecified atom stereocenters. The molecule has 0 saturated heterocycles. The second kappa shape index (κ2) is 2.89. The first-order chi connectivity index (χ1) is 4.27. The van der Waals surface area contributed by atoms with E-state index in [0.717, 1.165) is 6.42 Å². The Bertz CT molecular complexity index is 102. The summed E-state index contributed by atoms with van der Waals surface area (Å²) >= 11 is 0. The van der Waals surface area contributed by atoms with Crippen molar-refractivity contribution in [2.75, 3.05) is 7.05 Å². The summed E-state index contributed by atoms with van der Waals surface area (Å²) < 4.78 is 0. The van der Waals surface area contributed by atoms with E-state index in [9.17, 15) is 5.11 Å². The first-order valence-corrected chi connectivity index (χ1v) is 3.68. The molecule has 2 heteroatoms. The molecular weight excluding hydrogens is 126 g/mol. The molecule has 0 aliphatic rings. The number of hydrogen-bond acceptors (Lipinski definition) is 2. The van der Waals surface area contributed by atoms with E-state index in [4.69, 9.17) is 0 Å². The zero-order valence-electron chi connectivity index (χ0n) is 7.65. The summed E-state index contributed by atoms with van der Waals surface area (Å²) in [6.07, 6.45) is 0.760.